The van der Waals surface area contributed by atoms with Gasteiger partial charge in [0.2, 0.25) is 0 Å². The third-order valence-corrected chi connectivity index (χ3v) is 4.59. The van der Waals surface area contributed by atoms with E-state index >= 15 is 0 Å². The molecule has 1 fully saturated rings. The first kappa shape index (κ1) is 18.4. The first-order valence-corrected chi connectivity index (χ1v) is 8.77. The zero-order valence-corrected chi connectivity index (χ0v) is 14.9. The molecule has 1 saturated heterocycles. The zero-order chi connectivity index (χ0) is 16.5. The lowest BCUT2D eigenvalue weighted by Gasteiger charge is -2.32. The van der Waals surface area contributed by atoms with Crippen molar-refractivity contribution in [3.05, 3.63) is 35.9 Å². The molecule has 0 N–H and O–H groups in total. The Hall–Kier alpha value is -0.940. The Kier molecular flexibility index (Phi) is 8.03. The van der Waals surface area contributed by atoms with Crippen molar-refractivity contribution in [2.45, 2.75) is 19.4 Å². The molecular formula is C19H32N2O2. The van der Waals surface area contributed by atoms with Crippen LogP contribution >= 0.6 is 0 Å². The van der Waals surface area contributed by atoms with Crippen LogP contribution in [0.5, 0.6) is 0 Å². The van der Waals surface area contributed by atoms with Gasteiger partial charge in [-0.05, 0) is 19.0 Å². The number of benzene rings is 1. The lowest BCUT2D eigenvalue weighted by atomic mass is 9.98. The van der Waals surface area contributed by atoms with Crippen LogP contribution < -0.4 is 0 Å². The maximum absolute atomic E-state index is 6.24. The van der Waals surface area contributed by atoms with Crippen LogP contribution in [-0.4, -0.2) is 69.9 Å². The Morgan fingerprint density at radius 2 is 1.78 bits per heavy atom. The minimum atomic E-state index is 0.114. The molecule has 2 atom stereocenters. The number of methoxy groups -OCH3 is 1. The minimum Gasteiger partial charge on any atom is -0.384 e. The average molecular weight is 320 g/mol. The number of ether oxygens (including phenoxy) is 2. The highest BCUT2D eigenvalue weighted by atomic mass is 16.5. The smallest absolute Gasteiger partial charge is 0.0872 e. The van der Waals surface area contributed by atoms with E-state index < -0.39 is 0 Å². The number of hydrogen-bond acceptors (Lipinski definition) is 4. The fourth-order valence-electron chi connectivity index (χ4n) is 3.15. The summed E-state index contributed by atoms with van der Waals surface area (Å²) in [5, 5.41) is 0. The van der Waals surface area contributed by atoms with E-state index in [0.717, 1.165) is 26.2 Å². The fourth-order valence-corrected chi connectivity index (χ4v) is 3.15. The molecule has 0 aliphatic carbocycles. The Bertz CT molecular complexity index is 419. The largest absolute Gasteiger partial charge is 0.384 e. The summed E-state index contributed by atoms with van der Waals surface area (Å²) < 4.78 is 11.6. The molecule has 0 amide bonds. The van der Waals surface area contributed by atoms with E-state index in [2.05, 4.69) is 54.1 Å². The topological polar surface area (TPSA) is 24.9 Å². The summed E-state index contributed by atoms with van der Waals surface area (Å²) in [5.74, 6) is 0.353. The Morgan fingerprint density at radius 1 is 1.09 bits per heavy atom. The van der Waals surface area contributed by atoms with E-state index in [1.165, 1.54) is 31.7 Å². The molecule has 1 aliphatic rings. The lowest BCUT2D eigenvalue weighted by molar-refractivity contribution is -0.0137. The van der Waals surface area contributed by atoms with Gasteiger partial charge < -0.3 is 19.3 Å². The normalized spacial score (nSPS) is 19.6. The molecule has 1 aromatic rings. The number of piperazine rings is 1. The van der Waals surface area contributed by atoms with Crippen LogP contribution in [0.4, 0.5) is 0 Å². The predicted octanol–water partition coefficient (Wildman–Crippen LogP) is 2.66. The second-order valence-corrected chi connectivity index (χ2v) is 6.63. The van der Waals surface area contributed by atoms with Crippen molar-refractivity contribution >= 4 is 0 Å². The van der Waals surface area contributed by atoms with Crippen LogP contribution in [0.2, 0.25) is 0 Å². The summed E-state index contributed by atoms with van der Waals surface area (Å²) >= 11 is 0. The second kappa shape index (κ2) is 10.0. The van der Waals surface area contributed by atoms with Crippen LogP contribution in [-0.2, 0) is 9.47 Å². The zero-order valence-electron chi connectivity index (χ0n) is 14.9. The van der Waals surface area contributed by atoms with Gasteiger partial charge in [-0.2, -0.15) is 0 Å². The molecule has 0 spiro atoms. The average Bonchev–Trinajstić information content (AvgIpc) is 2.57. The molecule has 2 unspecified atom stereocenters. The maximum Gasteiger partial charge on any atom is 0.0872 e. The SMILES string of the molecule is COCC(C)C(OCCCN1CCN(C)CC1)c1ccccc1. The molecule has 0 saturated carbocycles. The molecule has 130 valence electrons. The first-order valence-electron chi connectivity index (χ1n) is 8.77. The molecule has 4 heteroatoms. The van der Waals surface area contributed by atoms with Gasteiger partial charge in [-0.25, -0.2) is 0 Å². The van der Waals surface area contributed by atoms with Crippen molar-refractivity contribution in [1.29, 1.82) is 0 Å². The summed E-state index contributed by atoms with van der Waals surface area (Å²) in [7, 11) is 3.95. The molecule has 23 heavy (non-hydrogen) atoms. The molecule has 0 radical (unpaired) electrons. The Labute approximate surface area is 141 Å². The standard InChI is InChI=1S/C19H32N2O2/c1-17(16-22-3)19(18-8-5-4-6-9-18)23-15-7-10-21-13-11-20(2)12-14-21/h4-6,8-9,17,19H,7,10-16H2,1-3H3. The highest BCUT2D eigenvalue weighted by Gasteiger charge is 2.20. The first-order chi connectivity index (χ1) is 11.2. The van der Waals surface area contributed by atoms with Gasteiger partial charge in [0.05, 0.1) is 12.7 Å². The van der Waals surface area contributed by atoms with Gasteiger partial charge in [-0.1, -0.05) is 37.3 Å². The van der Waals surface area contributed by atoms with Crippen LogP contribution in [0.1, 0.15) is 25.0 Å². The highest BCUT2D eigenvalue weighted by Crippen LogP contribution is 2.26. The van der Waals surface area contributed by atoms with Gasteiger partial charge in [0.15, 0.2) is 0 Å². The molecule has 1 aliphatic heterocycles. The molecule has 2 rings (SSSR count). The van der Waals surface area contributed by atoms with Gasteiger partial charge in [0.25, 0.3) is 0 Å². The Balaban J connectivity index is 1.77. The monoisotopic (exact) mass is 320 g/mol. The van der Waals surface area contributed by atoms with E-state index in [1.54, 1.807) is 7.11 Å². The third kappa shape index (κ3) is 6.22. The number of likely N-dealkylation sites (N-methyl/N-ethyl adjacent to an activating group) is 1. The molecule has 1 heterocycles. The lowest BCUT2D eigenvalue weighted by Crippen LogP contribution is -2.44. The van der Waals surface area contributed by atoms with Gasteiger partial charge in [0.1, 0.15) is 0 Å². The van der Waals surface area contributed by atoms with Crippen molar-refractivity contribution in [3.63, 3.8) is 0 Å². The molecule has 1 aromatic carbocycles. The third-order valence-electron chi connectivity index (χ3n) is 4.59. The summed E-state index contributed by atoms with van der Waals surface area (Å²) in [4.78, 5) is 4.93. The summed E-state index contributed by atoms with van der Waals surface area (Å²) in [6.07, 6.45) is 1.20. The maximum atomic E-state index is 6.24. The predicted molar refractivity (Wildman–Crippen MR) is 94.7 cm³/mol. The number of rotatable bonds is 9. The molecule has 0 aromatic heterocycles. The van der Waals surface area contributed by atoms with Crippen LogP contribution in [0, 0.1) is 5.92 Å². The van der Waals surface area contributed by atoms with Gasteiger partial charge in [-0.15, -0.1) is 0 Å². The molecule has 0 bridgehead atoms. The van der Waals surface area contributed by atoms with Gasteiger partial charge in [-0.3, -0.25) is 0 Å². The van der Waals surface area contributed by atoms with E-state index in [9.17, 15) is 0 Å². The molecular weight excluding hydrogens is 288 g/mol. The number of nitrogens with zero attached hydrogens (tertiary/aromatic N) is 2. The van der Waals surface area contributed by atoms with Crippen LogP contribution in [0.25, 0.3) is 0 Å². The molecule has 4 nitrogen and oxygen atoms in total. The van der Waals surface area contributed by atoms with E-state index in [-0.39, 0.29) is 6.10 Å². The summed E-state index contributed by atoms with van der Waals surface area (Å²) in [6, 6.07) is 10.5. The Morgan fingerprint density at radius 3 is 2.43 bits per heavy atom. The van der Waals surface area contributed by atoms with Crippen molar-refractivity contribution in [2.75, 3.05) is 60.1 Å². The van der Waals surface area contributed by atoms with Gasteiger partial charge >= 0.3 is 0 Å². The van der Waals surface area contributed by atoms with E-state index in [1.807, 2.05) is 0 Å². The minimum absolute atomic E-state index is 0.114. The van der Waals surface area contributed by atoms with E-state index in [4.69, 9.17) is 9.47 Å². The fraction of sp³-hybridized carbons (Fsp3) is 0.684. The van der Waals surface area contributed by atoms with Crippen molar-refractivity contribution < 1.29 is 9.47 Å². The van der Waals surface area contributed by atoms with Crippen LogP contribution in [0.15, 0.2) is 30.3 Å². The van der Waals surface area contributed by atoms with Crippen molar-refractivity contribution in [1.82, 2.24) is 9.80 Å². The van der Waals surface area contributed by atoms with Crippen molar-refractivity contribution in [2.24, 2.45) is 5.92 Å². The van der Waals surface area contributed by atoms with Gasteiger partial charge in [0, 0.05) is 52.4 Å². The quantitative estimate of drug-likeness (QED) is 0.653. The summed E-state index contributed by atoms with van der Waals surface area (Å²) in [5.41, 5.74) is 1.25. The second-order valence-electron chi connectivity index (χ2n) is 6.63. The summed E-state index contributed by atoms with van der Waals surface area (Å²) in [6.45, 7) is 9.57. The highest BCUT2D eigenvalue weighted by molar-refractivity contribution is 5.18. The number of hydrogen-bond donors (Lipinski definition) is 0. The van der Waals surface area contributed by atoms with E-state index in [0.29, 0.717) is 5.92 Å². The van der Waals surface area contributed by atoms with Crippen LogP contribution in [0.3, 0.4) is 0 Å². The van der Waals surface area contributed by atoms with Crippen molar-refractivity contribution in [3.8, 4) is 0 Å².